The Labute approximate surface area is 209 Å². The number of fused-ring (bicyclic) bond motifs is 2. The van der Waals surface area contributed by atoms with Crippen molar-refractivity contribution in [3.8, 4) is 11.1 Å². The fourth-order valence-corrected chi connectivity index (χ4v) is 4.91. The van der Waals surface area contributed by atoms with Crippen molar-refractivity contribution in [1.82, 2.24) is 39.4 Å². The lowest BCUT2D eigenvalue weighted by molar-refractivity contribution is 0.312. The fraction of sp³-hybridized carbons (Fsp3) is 0.346. The Morgan fingerprint density at radius 3 is 2.56 bits per heavy atom. The highest BCUT2D eigenvalue weighted by molar-refractivity contribution is 5.95. The third-order valence-corrected chi connectivity index (χ3v) is 6.81. The van der Waals surface area contributed by atoms with E-state index in [1.54, 1.807) is 0 Å². The molecule has 6 heterocycles. The molecule has 0 saturated carbocycles. The number of nitrogens with zero attached hydrogens (tertiary/aromatic N) is 8. The van der Waals surface area contributed by atoms with Crippen molar-refractivity contribution in [1.29, 1.82) is 0 Å². The van der Waals surface area contributed by atoms with Crippen LogP contribution in [0.5, 0.6) is 0 Å². The second kappa shape index (κ2) is 8.87. The van der Waals surface area contributed by atoms with Crippen LogP contribution in [0.1, 0.15) is 25.7 Å². The maximum atomic E-state index is 4.69. The van der Waals surface area contributed by atoms with Crippen molar-refractivity contribution in [3.63, 3.8) is 0 Å². The lowest BCUT2D eigenvalue weighted by Gasteiger charge is -2.33. The molecular weight excluding hydrogens is 452 g/mol. The standard InChI is InChI=1S/C26H30N10/c1-16(2)36-17(3)31-25-22(36)11-18(12-28-25)20-14-29-24-21(20)15-30-26(33-24)32-19-5-6-23(27-13-19)35-9-7-34(4)8-10-35/h5-6,11-16H,7-10H2,1-4H3,(H2,29,30,32,33). The fourth-order valence-electron chi connectivity index (χ4n) is 4.91. The molecule has 0 atom stereocenters. The van der Waals surface area contributed by atoms with Gasteiger partial charge in [-0.25, -0.2) is 19.9 Å². The van der Waals surface area contributed by atoms with E-state index in [0.717, 1.165) is 76.8 Å². The van der Waals surface area contributed by atoms with Crippen LogP contribution < -0.4 is 10.2 Å². The molecule has 1 saturated heterocycles. The number of aromatic nitrogens is 7. The summed E-state index contributed by atoms with van der Waals surface area (Å²) < 4.78 is 2.21. The number of piperazine rings is 1. The lowest BCUT2D eigenvalue weighted by atomic mass is 10.1. The Bertz CT molecular complexity index is 1520. The molecule has 10 heteroatoms. The zero-order valence-electron chi connectivity index (χ0n) is 21.0. The summed E-state index contributed by atoms with van der Waals surface area (Å²) in [5, 5.41) is 4.22. The molecule has 1 aliphatic heterocycles. The van der Waals surface area contributed by atoms with E-state index in [2.05, 4.69) is 71.6 Å². The third kappa shape index (κ3) is 4.03. The van der Waals surface area contributed by atoms with E-state index in [0.29, 0.717) is 12.0 Å². The molecule has 1 aliphatic rings. The number of H-pyrrole nitrogens is 1. The highest BCUT2D eigenvalue weighted by Gasteiger charge is 2.16. The Hall–Kier alpha value is -4.05. The molecular formula is C26H30N10. The van der Waals surface area contributed by atoms with E-state index in [1.165, 1.54) is 0 Å². The van der Waals surface area contributed by atoms with Gasteiger partial charge in [-0.15, -0.1) is 0 Å². The summed E-state index contributed by atoms with van der Waals surface area (Å²) in [6, 6.07) is 6.52. The third-order valence-electron chi connectivity index (χ3n) is 6.81. The summed E-state index contributed by atoms with van der Waals surface area (Å²) in [5.41, 5.74) is 5.42. The molecule has 0 aromatic carbocycles. The van der Waals surface area contributed by atoms with Gasteiger partial charge in [0, 0.05) is 67.3 Å². The Balaban J connectivity index is 1.24. The molecule has 0 aliphatic carbocycles. The highest BCUT2D eigenvalue weighted by Crippen LogP contribution is 2.31. The van der Waals surface area contributed by atoms with Gasteiger partial charge < -0.3 is 24.7 Å². The quantitative estimate of drug-likeness (QED) is 0.385. The van der Waals surface area contributed by atoms with Gasteiger partial charge in [-0.3, -0.25) is 0 Å². The summed E-state index contributed by atoms with van der Waals surface area (Å²) in [6.45, 7) is 10.4. The second-order valence-electron chi connectivity index (χ2n) is 9.67. The van der Waals surface area contributed by atoms with Gasteiger partial charge >= 0.3 is 0 Å². The Morgan fingerprint density at radius 2 is 1.81 bits per heavy atom. The number of aromatic amines is 1. The first-order valence-corrected chi connectivity index (χ1v) is 12.3. The summed E-state index contributed by atoms with van der Waals surface area (Å²) in [7, 11) is 2.15. The predicted octanol–water partition coefficient (Wildman–Crippen LogP) is 4.15. The van der Waals surface area contributed by atoms with E-state index >= 15 is 0 Å². The molecule has 1 fully saturated rings. The molecule has 2 N–H and O–H groups in total. The number of anilines is 3. The van der Waals surface area contributed by atoms with Gasteiger partial charge in [0.25, 0.3) is 0 Å². The number of likely N-dealkylation sites (N-methyl/N-ethyl adjacent to an activating group) is 1. The van der Waals surface area contributed by atoms with Crippen LogP contribution in [-0.4, -0.2) is 72.6 Å². The molecule has 10 nitrogen and oxygen atoms in total. The van der Waals surface area contributed by atoms with Crippen LogP contribution in [0.4, 0.5) is 17.5 Å². The predicted molar refractivity (Wildman–Crippen MR) is 143 cm³/mol. The number of imidazole rings is 1. The summed E-state index contributed by atoms with van der Waals surface area (Å²) in [6.07, 6.45) is 7.50. The first-order valence-electron chi connectivity index (χ1n) is 12.3. The van der Waals surface area contributed by atoms with E-state index < -0.39 is 0 Å². The van der Waals surface area contributed by atoms with Crippen molar-refractivity contribution >= 4 is 39.7 Å². The first-order chi connectivity index (χ1) is 17.5. The molecule has 5 aromatic heterocycles. The monoisotopic (exact) mass is 482 g/mol. The minimum absolute atomic E-state index is 0.303. The van der Waals surface area contributed by atoms with Crippen LogP contribution >= 0.6 is 0 Å². The highest BCUT2D eigenvalue weighted by atomic mass is 15.3. The normalized spacial score (nSPS) is 14.9. The Morgan fingerprint density at radius 1 is 0.972 bits per heavy atom. The first kappa shape index (κ1) is 22.4. The van der Waals surface area contributed by atoms with Gasteiger partial charge in [-0.05, 0) is 46.0 Å². The molecule has 36 heavy (non-hydrogen) atoms. The van der Waals surface area contributed by atoms with Gasteiger partial charge in [0.15, 0.2) is 5.65 Å². The minimum Gasteiger partial charge on any atom is -0.354 e. The van der Waals surface area contributed by atoms with Gasteiger partial charge in [0.2, 0.25) is 5.95 Å². The van der Waals surface area contributed by atoms with Crippen molar-refractivity contribution in [2.45, 2.75) is 26.8 Å². The largest absolute Gasteiger partial charge is 0.354 e. The van der Waals surface area contributed by atoms with Gasteiger partial charge in [0.1, 0.15) is 17.3 Å². The van der Waals surface area contributed by atoms with Crippen LogP contribution in [0, 0.1) is 6.92 Å². The topological polar surface area (TPSA) is 104 Å². The number of nitrogens with one attached hydrogen (secondary N) is 2. The average molecular weight is 483 g/mol. The number of hydrogen-bond acceptors (Lipinski definition) is 8. The average Bonchev–Trinajstić information content (AvgIpc) is 3.44. The summed E-state index contributed by atoms with van der Waals surface area (Å²) in [4.78, 5) is 31.1. The molecule has 5 aromatic rings. The van der Waals surface area contributed by atoms with E-state index in [9.17, 15) is 0 Å². The van der Waals surface area contributed by atoms with Crippen molar-refractivity contribution < 1.29 is 0 Å². The number of pyridine rings is 2. The molecule has 0 spiro atoms. The van der Waals surface area contributed by atoms with Gasteiger partial charge in [-0.2, -0.15) is 4.98 Å². The number of rotatable bonds is 5. The maximum Gasteiger partial charge on any atom is 0.229 e. The minimum atomic E-state index is 0.303. The van der Waals surface area contributed by atoms with Crippen LogP contribution in [-0.2, 0) is 0 Å². The summed E-state index contributed by atoms with van der Waals surface area (Å²) in [5.74, 6) is 2.49. The van der Waals surface area contributed by atoms with Crippen molar-refractivity contribution in [3.05, 3.63) is 48.8 Å². The maximum absolute atomic E-state index is 4.69. The van der Waals surface area contributed by atoms with Crippen LogP contribution in [0.25, 0.3) is 33.3 Å². The molecule has 6 rings (SSSR count). The zero-order chi connectivity index (χ0) is 24.8. The van der Waals surface area contributed by atoms with Crippen LogP contribution in [0.15, 0.2) is 43.0 Å². The van der Waals surface area contributed by atoms with Crippen LogP contribution in [0.2, 0.25) is 0 Å². The lowest BCUT2D eigenvalue weighted by Crippen LogP contribution is -2.44. The van der Waals surface area contributed by atoms with E-state index in [4.69, 9.17) is 4.98 Å². The zero-order valence-corrected chi connectivity index (χ0v) is 21.0. The van der Waals surface area contributed by atoms with E-state index in [-0.39, 0.29) is 0 Å². The molecule has 0 radical (unpaired) electrons. The molecule has 184 valence electrons. The molecule has 0 amide bonds. The van der Waals surface area contributed by atoms with Crippen molar-refractivity contribution in [2.24, 2.45) is 0 Å². The molecule has 0 bridgehead atoms. The molecule has 0 unspecified atom stereocenters. The Kier molecular flexibility index (Phi) is 5.52. The van der Waals surface area contributed by atoms with Gasteiger partial charge in [-0.1, -0.05) is 0 Å². The summed E-state index contributed by atoms with van der Waals surface area (Å²) >= 11 is 0. The van der Waals surface area contributed by atoms with Crippen LogP contribution in [0.3, 0.4) is 0 Å². The SMILES string of the molecule is Cc1nc2ncc(-c3c[nH]c4nc(Nc5ccc(N6CCN(C)CC6)nc5)ncc34)cc2n1C(C)C. The number of aryl methyl sites for hydroxylation is 1. The number of hydrogen-bond donors (Lipinski definition) is 2. The van der Waals surface area contributed by atoms with Gasteiger partial charge in [0.05, 0.1) is 17.4 Å². The second-order valence-corrected chi connectivity index (χ2v) is 9.67. The van der Waals surface area contributed by atoms with Crippen molar-refractivity contribution in [2.75, 3.05) is 43.4 Å². The smallest absolute Gasteiger partial charge is 0.229 e. The van der Waals surface area contributed by atoms with E-state index in [1.807, 2.05) is 43.8 Å².